The van der Waals surface area contributed by atoms with Crippen molar-refractivity contribution in [2.24, 2.45) is 5.73 Å². The van der Waals surface area contributed by atoms with Gasteiger partial charge in [-0.15, -0.1) is 27.8 Å². The molecule has 15 heteroatoms. The molecule has 0 aliphatic rings. The largest absolute Gasteiger partial charge is 0.478 e. The lowest BCUT2D eigenvalue weighted by Gasteiger charge is -2.07. The summed E-state index contributed by atoms with van der Waals surface area (Å²) in [5.41, 5.74) is 11.5. The van der Waals surface area contributed by atoms with Crippen LogP contribution in [0.1, 0.15) is 21.5 Å². The van der Waals surface area contributed by atoms with Gasteiger partial charge in [0.25, 0.3) is 5.09 Å². The third kappa shape index (κ3) is 12.1. The summed E-state index contributed by atoms with van der Waals surface area (Å²) >= 11 is 9.93. The van der Waals surface area contributed by atoms with Crippen molar-refractivity contribution in [3.8, 4) is 0 Å². The number of carbonyl (C=O) groups excluding carboxylic acids is 1. The Morgan fingerprint density at radius 2 is 1.76 bits per heavy atom. The van der Waals surface area contributed by atoms with Crippen molar-refractivity contribution in [1.82, 2.24) is 10.2 Å². The lowest BCUT2D eigenvalue weighted by molar-refractivity contribution is -0.763. The van der Waals surface area contributed by atoms with Crippen molar-refractivity contribution in [2.75, 3.05) is 5.73 Å². The zero-order valence-corrected chi connectivity index (χ0v) is 19.3. The summed E-state index contributed by atoms with van der Waals surface area (Å²) in [5, 5.41) is 24.2. The summed E-state index contributed by atoms with van der Waals surface area (Å²) in [6.07, 6.45) is -0.898. The van der Waals surface area contributed by atoms with Crippen LogP contribution in [-0.4, -0.2) is 32.5 Å². The molecule has 3 aromatic rings. The summed E-state index contributed by atoms with van der Waals surface area (Å²) in [7, 11) is 0. The molecule has 6 N–H and O–H groups in total. The van der Waals surface area contributed by atoms with E-state index in [1.807, 2.05) is 0 Å². The Labute approximate surface area is 201 Å². The number of nitrogen functional groups attached to an aromatic ring is 1. The maximum absolute atomic E-state index is 10.4. The van der Waals surface area contributed by atoms with Gasteiger partial charge in [-0.1, -0.05) is 35.6 Å². The number of hydrogen-bond acceptors (Lipinski definition) is 11. The van der Waals surface area contributed by atoms with Crippen molar-refractivity contribution < 1.29 is 29.4 Å². The molecule has 0 unspecified atom stereocenters. The first-order valence-corrected chi connectivity index (χ1v) is 10.3. The number of aromatic carboxylic acids is 1. The molecule has 0 radical (unpaired) electrons. The number of amides is 1. The normalized spacial score (nSPS) is 9.36. The van der Waals surface area contributed by atoms with Gasteiger partial charge in [0.05, 0.1) is 5.56 Å². The fourth-order valence-electron chi connectivity index (χ4n) is 1.96. The van der Waals surface area contributed by atoms with E-state index < -0.39 is 17.1 Å². The van der Waals surface area contributed by atoms with E-state index in [1.165, 1.54) is 23.5 Å². The monoisotopic (exact) mass is 513 g/mol. The van der Waals surface area contributed by atoms with Crippen LogP contribution in [0.5, 0.6) is 0 Å². The van der Waals surface area contributed by atoms with Crippen LogP contribution in [0.25, 0.3) is 0 Å². The first-order valence-electron chi connectivity index (χ1n) is 8.68. The molecule has 1 aromatic heterocycles. The Morgan fingerprint density at radius 3 is 2.15 bits per heavy atom. The number of nitrogens with one attached hydrogen (secondary N) is 1. The minimum Gasteiger partial charge on any atom is -0.478 e. The average Bonchev–Trinajstić information content (AvgIpc) is 3.15. The van der Waals surface area contributed by atoms with E-state index in [4.69, 9.17) is 16.6 Å². The number of aromatic nitrogens is 2. The molecule has 0 spiro atoms. The van der Waals surface area contributed by atoms with Gasteiger partial charge in [-0.3, -0.25) is 5.10 Å². The molecule has 0 saturated heterocycles. The maximum atomic E-state index is 10.4. The van der Waals surface area contributed by atoms with Gasteiger partial charge < -0.3 is 26.1 Å². The van der Waals surface area contributed by atoms with E-state index in [9.17, 15) is 19.7 Å². The zero-order chi connectivity index (χ0) is 24.8. The molecule has 0 atom stereocenters. The Kier molecular flexibility index (Phi) is 11.9. The minimum atomic E-state index is -0.909. The fourth-order valence-corrected chi connectivity index (χ4v) is 2.78. The van der Waals surface area contributed by atoms with Crippen LogP contribution in [0.4, 0.5) is 9.93 Å². The highest BCUT2D eigenvalue weighted by Crippen LogP contribution is 2.11. The first kappa shape index (κ1) is 27.3. The number of carboxylic acids is 1. The van der Waals surface area contributed by atoms with Crippen molar-refractivity contribution in [1.29, 1.82) is 0 Å². The summed E-state index contributed by atoms with van der Waals surface area (Å²) < 4.78 is 5.21. The van der Waals surface area contributed by atoms with Crippen molar-refractivity contribution in [3.63, 3.8) is 0 Å². The van der Waals surface area contributed by atoms with Gasteiger partial charge in [0.2, 0.25) is 5.13 Å². The van der Waals surface area contributed by atoms with E-state index in [-0.39, 0.29) is 18.8 Å². The molecule has 1 heterocycles. The Bertz CT molecular complexity index is 1080. The second kappa shape index (κ2) is 14.4. The summed E-state index contributed by atoms with van der Waals surface area (Å²) in [6.45, 7) is -0.224. The van der Waals surface area contributed by atoms with E-state index in [2.05, 4.69) is 44.6 Å². The molecule has 176 valence electrons. The van der Waals surface area contributed by atoms with Crippen molar-refractivity contribution in [3.05, 3.63) is 79.3 Å². The summed E-state index contributed by atoms with van der Waals surface area (Å²) in [5.74, 6) is -0.909. The smallest absolute Gasteiger partial charge is 0.404 e. The highest BCUT2D eigenvalue weighted by molar-refractivity contribution is 7.80. The SMILES string of the molecule is NC(=O)OCc1ccccc1CO[N+](=O)[O-].Nc1n[nH]c(=S)s1.O=C(O)c1ccc(S)cc1. The van der Waals surface area contributed by atoms with Crippen molar-refractivity contribution >= 4 is 53.4 Å². The topological polar surface area (TPSA) is 197 Å². The number of nitrogens with two attached hydrogens (primary N) is 2. The number of benzene rings is 2. The van der Waals surface area contributed by atoms with E-state index in [1.54, 1.807) is 36.4 Å². The molecule has 0 bridgehead atoms. The molecule has 33 heavy (non-hydrogen) atoms. The number of nitrogens with zero attached hydrogens (tertiary/aromatic N) is 2. The van der Waals surface area contributed by atoms with Crippen LogP contribution in [0.3, 0.4) is 0 Å². The predicted molar refractivity (Wildman–Crippen MR) is 125 cm³/mol. The van der Waals surface area contributed by atoms with Crippen LogP contribution in [0.2, 0.25) is 0 Å². The van der Waals surface area contributed by atoms with Gasteiger partial charge in [-0.05, 0) is 47.6 Å². The summed E-state index contributed by atoms with van der Waals surface area (Å²) in [6, 6.07) is 13.1. The number of H-pyrrole nitrogens is 1. The Balaban J connectivity index is 0.000000271. The molecule has 12 nitrogen and oxygen atoms in total. The highest BCUT2D eigenvalue weighted by atomic mass is 32.1. The number of hydrogen-bond donors (Lipinski definition) is 5. The lowest BCUT2D eigenvalue weighted by atomic mass is 10.1. The summed E-state index contributed by atoms with van der Waals surface area (Å²) in [4.78, 5) is 35.7. The lowest BCUT2D eigenvalue weighted by Crippen LogP contribution is -2.13. The highest BCUT2D eigenvalue weighted by Gasteiger charge is 2.05. The molecule has 1 amide bonds. The molecule has 0 aliphatic carbocycles. The number of rotatable bonds is 6. The minimum absolute atomic E-state index is 0.0351. The van der Waals surface area contributed by atoms with Gasteiger partial charge in [0.15, 0.2) is 3.95 Å². The molecule has 0 fully saturated rings. The predicted octanol–water partition coefficient (Wildman–Crippen LogP) is 3.45. The van der Waals surface area contributed by atoms with Gasteiger partial charge >= 0.3 is 12.1 Å². The molecule has 3 rings (SSSR count). The number of carboxylic acid groups (broad SMARTS) is 1. The van der Waals surface area contributed by atoms with Crippen LogP contribution >= 0.6 is 36.2 Å². The molecular formula is C18H19N5O7S3. The third-order valence-corrected chi connectivity index (χ3v) is 4.60. The number of carbonyl (C=O) groups is 2. The van der Waals surface area contributed by atoms with Crippen LogP contribution < -0.4 is 11.5 Å². The van der Waals surface area contributed by atoms with Crippen LogP contribution in [-0.2, 0) is 22.8 Å². The van der Waals surface area contributed by atoms with Crippen LogP contribution in [0, 0.1) is 14.1 Å². The molecular weight excluding hydrogens is 494 g/mol. The van der Waals surface area contributed by atoms with Gasteiger partial charge in [0, 0.05) is 4.90 Å². The molecule has 0 aliphatic heterocycles. The van der Waals surface area contributed by atoms with Gasteiger partial charge in [-0.25, -0.2) is 9.59 Å². The number of primary amides is 1. The van der Waals surface area contributed by atoms with E-state index in [0.717, 1.165) is 4.90 Å². The second-order valence-electron chi connectivity index (χ2n) is 5.68. The average molecular weight is 514 g/mol. The number of aromatic amines is 1. The van der Waals surface area contributed by atoms with Gasteiger partial charge in [0.1, 0.15) is 13.2 Å². The Hall–Kier alpha value is -3.69. The second-order valence-corrected chi connectivity index (χ2v) is 7.89. The fraction of sp³-hybridized carbons (Fsp3) is 0.111. The molecule has 2 aromatic carbocycles. The number of anilines is 1. The first-order chi connectivity index (χ1) is 15.6. The number of ether oxygens (including phenoxy) is 1. The standard InChI is InChI=1S/C9H10N2O5.C7H6O2S.C2H3N3S2/c10-9(12)15-5-7-3-1-2-4-8(7)6-16-11(13)14;8-7(9)5-1-3-6(10)4-2-5;3-1-4-5-2(6)7-1/h1-4H,5-6H2,(H2,10,12);1-4,10H,(H,8,9);(H2,3,4)(H,5,6). The van der Waals surface area contributed by atoms with E-state index in [0.29, 0.717) is 20.2 Å². The third-order valence-electron chi connectivity index (χ3n) is 3.38. The maximum Gasteiger partial charge on any atom is 0.404 e. The zero-order valence-electron chi connectivity index (χ0n) is 16.7. The van der Waals surface area contributed by atoms with Gasteiger partial charge in [-0.2, -0.15) is 0 Å². The quantitative estimate of drug-likeness (QED) is 0.141. The van der Waals surface area contributed by atoms with E-state index >= 15 is 0 Å². The Morgan fingerprint density at radius 1 is 1.18 bits per heavy atom. The number of thiol groups is 1. The van der Waals surface area contributed by atoms with Crippen molar-refractivity contribution in [2.45, 2.75) is 18.1 Å². The molecule has 0 saturated carbocycles. The van der Waals surface area contributed by atoms with Crippen LogP contribution in [0.15, 0.2) is 53.4 Å².